The number of carbonyl (C=O) groups excluding carboxylic acids is 1. The molecule has 4 heteroatoms. The summed E-state index contributed by atoms with van der Waals surface area (Å²) in [6.07, 6.45) is 0. The van der Waals surface area contributed by atoms with Crippen LogP contribution < -0.4 is 5.32 Å². The molecule has 1 rings (SSSR count). The molecule has 0 fully saturated rings. The number of phenols is 1. The molecule has 0 aliphatic carbocycles. The highest BCUT2D eigenvalue weighted by Crippen LogP contribution is 2.33. The number of nitrogens with one attached hydrogen (secondary N) is 1. The van der Waals surface area contributed by atoms with Crippen LogP contribution in [-0.2, 0) is 4.79 Å². The molecule has 0 spiro atoms. The van der Waals surface area contributed by atoms with Crippen LogP contribution in [0.1, 0.15) is 39.2 Å². The molecule has 1 amide bonds. The second-order valence-electron chi connectivity index (χ2n) is 4.69. The van der Waals surface area contributed by atoms with Crippen molar-refractivity contribution in [1.29, 1.82) is 0 Å². The van der Waals surface area contributed by atoms with Gasteiger partial charge in [0.05, 0.1) is 5.69 Å². The minimum absolute atomic E-state index is 0.0135. The molecular weight excluding hydrogens is 221 g/mol. The highest BCUT2D eigenvalue weighted by atomic mass is 19.1. The van der Waals surface area contributed by atoms with Gasteiger partial charge in [0.2, 0.25) is 5.91 Å². The zero-order chi connectivity index (χ0) is 13.2. The van der Waals surface area contributed by atoms with Gasteiger partial charge in [-0.05, 0) is 12.0 Å². The van der Waals surface area contributed by atoms with Gasteiger partial charge in [-0.25, -0.2) is 4.39 Å². The molecule has 0 aliphatic heterocycles. The van der Waals surface area contributed by atoms with Gasteiger partial charge in [-0.3, -0.25) is 4.79 Å². The first-order valence-electron chi connectivity index (χ1n) is 5.66. The van der Waals surface area contributed by atoms with Gasteiger partial charge < -0.3 is 10.4 Å². The van der Waals surface area contributed by atoms with Gasteiger partial charge in [0.25, 0.3) is 0 Å². The van der Waals surface area contributed by atoms with Crippen molar-refractivity contribution >= 4 is 11.6 Å². The fraction of sp³-hybridized carbons (Fsp3) is 0.462. The second kappa shape index (κ2) is 5.17. The quantitative estimate of drug-likeness (QED) is 0.795. The van der Waals surface area contributed by atoms with Gasteiger partial charge in [-0.1, -0.05) is 27.7 Å². The van der Waals surface area contributed by atoms with Crippen LogP contribution in [0.2, 0.25) is 0 Å². The number of amides is 1. The zero-order valence-corrected chi connectivity index (χ0v) is 10.5. The average molecular weight is 239 g/mol. The molecular formula is C13H18FNO2. The third kappa shape index (κ3) is 3.19. The van der Waals surface area contributed by atoms with Gasteiger partial charge in [-0.2, -0.15) is 0 Å². The highest BCUT2D eigenvalue weighted by molar-refractivity contribution is 5.93. The Morgan fingerprint density at radius 1 is 1.29 bits per heavy atom. The molecule has 2 N–H and O–H groups in total. The Bertz CT molecular complexity index is 428. The van der Waals surface area contributed by atoms with Gasteiger partial charge >= 0.3 is 0 Å². The number of rotatable bonds is 3. The number of halogens is 1. The van der Waals surface area contributed by atoms with Gasteiger partial charge in [0, 0.05) is 17.5 Å². The normalized spacial score (nSPS) is 11.0. The topological polar surface area (TPSA) is 49.3 Å². The third-order valence-electron chi connectivity index (χ3n) is 2.51. The van der Waals surface area contributed by atoms with E-state index in [9.17, 15) is 14.3 Å². The minimum atomic E-state index is -0.467. The van der Waals surface area contributed by atoms with Crippen molar-refractivity contribution in [3.05, 3.63) is 23.5 Å². The number of anilines is 1. The van der Waals surface area contributed by atoms with Crippen molar-refractivity contribution in [3.63, 3.8) is 0 Å². The number of carbonyl (C=O) groups is 1. The number of hydrogen-bond donors (Lipinski definition) is 2. The minimum Gasteiger partial charge on any atom is -0.505 e. The van der Waals surface area contributed by atoms with Crippen molar-refractivity contribution in [3.8, 4) is 5.75 Å². The molecule has 0 bridgehead atoms. The molecule has 0 heterocycles. The monoisotopic (exact) mass is 239 g/mol. The maximum atomic E-state index is 13.4. The van der Waals surface area contributed by atoms with Crippen LogP contribution >= 0.6 is 0 Å². The fourth-order valence-corrected chi connectivity index (χ4v) is 1.43. The zero-order valence-electron chi connectivity index (χ0n) is 10.5. The van der Waals surface area contributed by atoms with E-state index in [0.29, 0.717) is 5.56 Å². The standard InChI is InChI=1S/C13H18FNO2/c1-7(2)10-5-9(14)6-11(12(10)16)15-13(17)8(3)4/h5-8,16H,1-4H3,(H,15,17). The van der Waals surface area contributed by atoms with Crippen LogP contribution in [-0.4, -0.2) is 11.0 Å². The Kier molecular flexibility index (Phi) is 4.10. The van der Waals surface area contributed by atoms with E-state index >= 15 is 0 Å². The van der Waals surface area contributed by atoms with Crippen molar-refractivity contribution in [2.24, 2.45) is 5.92 Å². The molecule has 17 heavy (non-hydrogen) atoms. The van der Waals surface area contributed by atoms with E-state index in [2.05, 4.69) is 5.32 Å². The Labute approximate surface area is 101 Å². The van der Waals surface area contributed by atoms with Crippen LogP contribution in [0.4, 0.5) is 10.1 Å². The predicted molar refractivity (Wildman–Crippen MR) is 65.6 cm³/mol. The molecule has 1 aromatic rings. The van der Waals surface area contributed by atoms with E-state index in [-0.39, 0.29) is 29.2 Å². The van der Waals surface area contributed by atoms with E-state index in [1.807, 2.05) is 13.8 Å². The van der Waals surface area contributed by atoms with Gasteiger partial charge in [0.1, 0.15) is 11.6 Å². The number of benzene rings is 1. The number of phenolic OH excluding ortho intramolecular Hbond substituents is 1. The highest BCUT2D eigenvalue weighted by Gasteiger charge is 2.16. The summed E-state index contributed by atoms with van der Waals surface area (Å²) in [5.41, 5.74) is 0.622. The molecule has 0 aliphatic rings. The summed E-state index contributed by atoms with van der Waals surface area (Å²) < 4.78 is 13.4. The van der Waals surface area contributed by atoms with Crippen LogP contribution in [0, 0.1) is 11.7 Å². The van der Waals surface area contributed by atoms with Crippen LogP contribution in [0.25, 0.3) is 0 Å². The lowest BCUT2D eigenvalue weighted by Gasteiger charge is -2.14. The molecule has 0 unspecified atom stereocenters. The lowest BCUT2D eigenvalue weighted by Crippen LogP contribution is -2.18. The molecule has 3 nitrogen and oxygen atoms in total. The molecule has 1 aromatic carbocycles. The molecule has 0 saturated carbocycles. The summed E-state index contributed by atoms with van der Waals surface area (Å²) in [5.74, 6) is -1.01. The summed E-state index contributed by atoms with van der Waals surface area (Å²) in [7, 11) is 0. The summed E-state index contributed by atoms with van der Waals surface area (Å²) >= 11 is 0. The summed E-state index contributed by atoms with van der Waals surface area (Å²) in [4.78, 5) is 11.5. The van der Waals surface area contributed by atoms with Crippen LogP contribution in [0.5, 0.6) is 5.75 Å². The van der Waals surface area contributed by atoms with Gasteiger partial charge in [0.15, 0.2) is 0 Å². The summed E-state index contributed by atoms with van der Waals surface area (Å²) in [5, 5.41) is 12.4. The van der Waals surface area contributed by atoms with Crippen molar-refractivity contribution in [2.75, 3.05) is 5.32 Å². The fourth-order valence-electron chi connectivity index (χ4n) is 1.43. The smallest absolute Gasteiger partial charge is 0.227 e. The van der Waals surface area contributed by atoms with Crippen LogP contribution in [0.15, 0.2) is 12.1 Å². The third-order valence-corrected chi connectivity index (χ3v) is 2.51. The predicted octanol–water partition coefficient (Wildman–Crippen LogP) is 3.25. The van der Waals surface area contributed by atoms with E-state index in [0.717, 1.165) is 6.07 Å². The number of aromatic hydroxyl groups is 1. The average Bonchev–Trinajstić information content (AvgIpc) is 2.22. The Hall–Kier alpha value is -1.58. The largest absolute Gasteiger partial charge is 0.505 e. The molecule has 0 aromatic heterocycles. The SMILES string of the molecule is CC(C)C(=O)Nc1cc(F)cc(C(C)C)c1O. The Balaban J connectivity index is 3.12. The Morgan fingerprint density at radius 3 is 2.35 bits per heavy atom. The van der Waals surface area contributed by atoms with Crippen LogP contribution in [0.3, 0.4) is 0 Å². The van der Waals surface area contributed by atoms with E-state index < -0.39 is 5.82 Å². The second-order valence-corrected chi connectivity index (χ2v) is 4.69. The van der Waals surface area contributed by atoms with Crippen molar-refractivity contribution in [2.45, 2.75) is 33.6 Å². The summed E-state index contributed by atoms with van der Waals surface area (Å²) in [6.45, 7) is 7.16. The molecule has 0 radical (unpaired) electrons. The lowest BCUT2D eigenvalue weighted by atomic mass is 10.0. The van der Waals surface area contributed by atoms with E-state index in [1.165, 1.54) is 6.07 Å². The van der Waals surface area contributed by atoms with E-state index in [4.69, 9.17) is 0 Å². The van der Waals surface area contributed by atoms with E-state index in [1.54, 1.807) is 13.8 Å². The molecule has 94 valence electrons. The van der Waals surface area contributed by atoms with Gasteiger partial charge in [-0.15, -0.1) is 0 Å². The first-order chi connectivity index (χ1) is 7.82. The maximum absolute atomic E-state index is 13.4. The van der Waals surface area contributed by atoms with Crippen molar-refractivity contribution in [1.82, 2.24) is 0 Å². The Morgan fingerprint density at radius 2 is 1.88 bits per heavy atom. The molecule has 0 atom stereocenters. The lowest BCUT2D eigenvalue weighted by molar-refractivity contribution is -0.118. The first kappa shape index (κ1) is 13.5. The summed E-state index contributed by atoms with van der Waals surface area (Å²) in [6, 6.07) is 2.41. The molecule has 0 saturated heterocycles. The number of hydrogen-bond acceptors (Lipinski definition) is 2. The first-order valence-corrected chi connectivity index (χ1v) is 5.66. The van der Waals surface area contributed by atoms with Crippen molar-refractivity contribution < 1.29 is 14.3 Å². The maximum Gasteiger partial charge on any atom is 0.227 e.